The average molecular weight is 746 g/mol. The summed E-state index contributed by atoms with van der Waals surface area (Å²) in [5.41, 5.74) is 5.39. The summed E-state index contributed by atoms with van der Waals surface area (Å²) in [7, 11) is -1.47. The summed E-state index contributed by atoms with van der Waals surface area (Å²) < 4.78 is 50.3. The van der Waals surface area contributed by atoms with E-state index in [1.54, 1.807) is 0 Å². The Morgan fingerprint density at radius 3 is 1.59 bits per heavy atom. The van der Waals surface area contributed by atoms with Crippen LogP contribution in [0.25, 0.3) is 0 Å². The largest absolute Gasteiger partial charge is 0.374 e. The van der Waals surface area contributed by atoms with Crippen molar-refractivity contribution in [3.8, 4) is 0 Å². The van der Waals surface area contributed by atoms with Crippen molar-refractivity contribution in [3.05, 3.63) is 179 Å². The van der Waals surface area contributed by atoms with Gasteiger partial charge in [0.25, 0.3) is 8.53 Å². The van der Waals surface area contributed by atoms with E-state index in [9.17, 15) is 0 Å². The van der Waals surface area contributed by atoms with Crippen molar-refractivity contribution < 1.29 is 32.7 Å². The molecule has 280 valence electrons. The highest BCUT2D eigenvalue weighted by Gasteiger charge is 2.53. The molecule has 3 aliphatic heterocycles. The van der Waals surface area contributed by atoms with Crippen LogP contribution in [0.1, 0.15) is 46.8 Å². The highest BCUT2D eigenvalue weighted by molar-refractivity contribution is 7.44. The van der Waals surface area contributed by atoms with E-state index in [-0.39, 0.29) is 18.8 Å². The predicted molar refractivity (Wildman–Crippen MR) is 208 cm³/mol. The van der Waals surface area contributed by atoms with Gasteiger partial charge in [-0.25, -0.2) is 4.67 Å². The molecule has 5 aromatic carbocycles. The van der Waals surface area contributed by atoms with Crippen molar-refractivity contribution >= 4 is 8.53 Å². The molecule has 0 aromatic heterocycles. The maximum Gasteiger partial charge on any atom is 0.262 e. The van der Waals surface area contributed by atoms with Crippen LogP contribution in [0.2, 0.25) is 0 Å². The zero-order valence-electron chi connectivity index (χ0n) is 30.4. The monoisotopic (exact) mass is 745 g/mol. The first kappa shape index (κ1) is 37.1. The van der Waals surface area contributed by atoms with Crippen LogP contribution in [0, 0.1) is 0 Å². The number of nitrogens with zero attached hydrogens (tertiary/aromatic N) is 1. The molecule has 0 bridgehead atoms. The second-order valence-corrected chi connectivity index (χ2v) is 15.4. The standard InChI is InChI=1S/C45H48NO7P/c1-6-17-34(18-7-1)29-47-33-40-42(48-30-35-19-8-2-9-20-35)43(49-31-36-21-10-3-11-22-36)44(50-32-37-23-12-4-13-24-37)45(51-40)53-54-46-28-16-27-39(46)41(52-54)38-25-14-5-15-26-38/h1-15,17-26,39-45H,16,27-33H2/t39-,40+,41+,42+,43-,44-,45+,54?/m0/s1. The van der Waals surface area contributed by atoms with E-state index in [1.165, 1.54) is 0 Å². The summed E-state index contributed by atoms with van der Waals surface area (Å²) in [4.78, 5) is 0. The van der Waals surface area contributed by atoms with Gasteiger partial charge < -0.3 is 28.2 Å². The van der Waals surface area contributed by atoms with Gasteiger partial charge in [-0.2, -0.15) is 0 Å². The van der Waals surface area contributed by atoms with Crippen molar-refractivity contribution in [2.75, 3.05) is 13.2 Å². The maximum absolute atomic E-state index is 7.04. The van der Waals surface area contributed by atoms with E-state index < -0.39 is 39.2 Å². The molecule has 8 rings (SSSR count). The first-order valence-electron chi connectivity index (χ1n) is 19.0. The molecule has 0 aliphatic carbocycles. The second-order valence-electron chi connectivity index (χ2n) is 14.0. The molecule has 0 spiro atoms. The van der Waals surface area contributed by atoms with E-state index >= 15 is 0 Å². The highest BCUT2D eigenvalue weighted by atomic mass is 31.2. The van der Waals surface area contributed by atoms with Gasteiger partial charge in [-0.15, -0.1) is 0 Å². The van der Waals surface area contributed by atoms with Gasteiger partial charge in [0.1, 0.15) is 30.5 Å². The molecule has 3 aliphatic rings. The van der Waals surface area contributed by atoms with Crippen LogP contribution in [-0.2, 0) is 59.2 Å². The van der Waals surface area contributed by atoms with Crippen molar-refractivity contribution in [1.82, 2.24) is 4.67 Å². The van der Waals surface area contributed by atoms with E-state index in [1.807, 2.05) is 78.9 Å². The first-order valence-corrected chi connectivity index (χ1v) is 20.1. The lowest BCUT2D eigenvalue weighted by Crippen LogP contribution is -2.61. The first-order chi connectivity index (χ1) is 26.8. The normalized spacial score (nSPS) is 26.8. The molecule has 8 atom stereocenters. The van der Waals surface area contributed by atoms with Gasteiger partial charge in [0.05, 0.1) is 33.0 Å². The molecule has 9 heteroatoms. The smallest absolute Gasteiger partial charge is 0.262 e. The highest BCUT2D eigenvalue weighted by Crippen LogP contribution is 2.61. The molecular formula is C45H48NO7P. The SMILES string of the molecule is c1ccc(COC[C@H]2O[C@H](OP3O[C@H](c4ccccc4)[C@@H]4CCCN43)[C@@H](OCc3ccccc3)[C@@H](OCc3ccccc3)[C@@H]2OCc2ccccc2)cc1. The summed E-state index contributed by atoms with van der Waals surface area (Å²) in [6.45, 7) is 2.69. The number of fused-ring (bicyclic) bond motifs is 1. The summed E-state index contributed by atoms with van der Waals surface area (Å²) >= 11 is 0. The number of hydrogen-bond acceptors (Lipinski definition) is 8. The molecule has 0 amide bonds. The number of ether oxygens (including phenoxy) is 5. The minimum Gasteiger partial charge on any atom is -0.374 e. The van der Waals surface area contributed by atoms with Gasteiger partial charge >= 0.3 is 0 Å². The molecule has 3 saturated heterocycles. The number of hydrogen-bond donors (Lipinski definition) is 0. The lowest BCUT2D eigenvalue weighted by atomic mass is 9.98. The van der Waals surface area contributed by atoms with Crippen LogP contribution >= 0.6 is 8.53 Å². The Morgan fingerprint density at radius 1 is 0.556 bits per heavy atom. The van der Waals surface area contributed by atoms with Crippen LogP contribution in [0.5, 0.6) is 0 Å². The van der Waals surface area contributed by atoms with E-state index in [4.69, 9.17) is 32.7 Å². The van der Waals surface area contributed by atoms with Crippen LogP contribution < -0.4 is 0 Å². The molecule has 1 unspecified atom stereocenters. The van der Waals surface area contributed by atoms with Gasteiger partial charge in [0.15, 0.2) is 6.29 Å². The summed E-state index contributed by atoms with van der Waals surface area (Å²) in [6.07, 6.45) is -1.05. The van der Waals surface area contributed by atoms with Crippen molar-refractivity contribution in [2.24, 2.45) is 0 Å². The number of benzene rings is 5. The molecule has 54 heavy (non-hydrogen) atoms. The van der Waals surface area contributed by atoms with Crippen LogP contribution in [-0.4, -0.2) is 54.6 Å². The van der Waals surface area contributed by atoms with Gasteiger partial charge in [-0.3, -0.25) is 4.52 Å². The van der Waals surface area contributed by atoms with Gasteiger partial charge in [0, 0.05) is 12.6 Å². The fourth-order valence-corrected chi connectivity index (χ4v) is 9.33. The maximum atomic E-state index is 7.04. The average Bonchev–Trinajstić information content (AvgIpc) is 3.85. The third kappa shape index (κ3) is 9.35. The molecular weight excluding hydrogens is 697 g/mol. The summed E-state index contributed by atoms with van der Waals surface area (Å²) in [6, 6.07) is 51.4. The van der Waals surface area contributed by atoms with Gasteiger partial charge in [-0.1, -0.05) is 152 Å². The Morgan fingerprint density at radius 2 is 1.04 bits per heavy atom. The zero-order chi connectivity index (χ0) is 36.4. The van der Waals surface area contributed by atoms with E-state index in [0.717, 1.165) is 47.2 Å². The zero-order valence-corrected chi connectivity index (χ0v) is 31.3. The molecule has 3 fully saturated rings. The minimum absolute atomic E-state index is 0.0795. The second kappa shape index (κ2) is 18.7. The molecule has 0 radical (unpaired) electrons. The fourth-order valence-electron chi connectivity index (χ4n) is 7.45. The van der Waals surface area contributed by atoms with Crippen molar-refractivity contribution in [1.29, 1.82) is 0 Å². The van der Waals surface area contributed by atoms with E-state index in [2.05, 4.69) is 77.5 Å². The Hall–Kier alpha value is -3.79. The van der Waals surface area contributed by atoms with Crippen molar-refractivity contribution in [3.63, 3.8) is 0 Å². The van der Waals surface area contributed by atoms with E-state index in [0.29, 0.717) is 26.4 Å². The molecule has 0 N–H and O–H groups in total. The fraction of sp³-hybridized carbons (Fsp3) is 0.333. The third-order valence-corrected chi connectivity index (χ3v) is 11.9. The molecule has 8 nitrogen and oxygen atoms in total. The van der Waals surface area contributed by atoms with Gasteiger partial charge in [-0.05, 0) is 40.7 Å². The minimum atomic E-state index is -1.47. The lowest BCUT2D eigenvalue weighted by molar-refractivity contribution is -0.310. The lowest BCUT2D eigenvalue weighted by Gasteiger charge is -2.46. The third-order valence-electron chi connectivity index (χ3n) is 10.2. The Bertz CT molecular complexity index is 1820. The molecule has 5 aromatic rings. The predicted octanol–water partition coefficient (Wildman–Crippen LogP) is 9.16. The summed E-state index contributed by atoms with van der Waals surface area (Å²) in [5, 5.41) is 0. The molecule has 3 heterocycles. The topological polar surface area (TPSA) is 67.9 Å². The van der Waals surface area contributed by atoms with Crippen LogP contribution in [0.4, 0.5) is 0 Å². The Labute approximate surface area is 319 Å². The summed E-state index contributed by atoms with van der Waals surface area (Å²) in [5.74, 6) is 0. The number of rotatable bonds is 16. The molecule has 0 saturated carbocycles. The van der Waals surface area contributed by atoms with Crippen LogP contribution in [0.15, 0.2) is 152 Å². The van der Waals surface area contributed by atoms with Crippen LogP contribution in [0.3, 0.4) is 0 Å². The quantitative estimate of drug-likeness (QED) is 0.0928. The van der Waals surface area contributed by atoms with Gasteiger partial charge in [0.2, 0.25) is 0 Å². The van der Waals surface area contributed by atoms with Crippen molar-refractivity contribution in [2.45, 2.75) is 82.1 Å². The Kier molecular flexibility index (Phi) is 12.9. The Balaban J connectivity index is 1.11.